The van der Waals surface area contributed by atoms with E-state index in [2.05, 4.69) is 20.0 Å². The van der Waals surface area contributed by atoms with Gasteiger partial charge in [-0.15, -0.1) is 0 Å². The Morgan fingerprint density at radius 2 is 2.28 bits per heavy atom. The van der Waals surface area contributed by atoms with Crippen molar-refractivity contribution in [2.45, 2.75) is 25.4 Å². The topological polar surface area (TPSA) is 87.3 Å². The Balaban J connectivity index is 1.92. The fourth-order valence-corrected chi connectivity index (χ4v) is 3.21. The Morgan fingerprint density at radius 1 is 1.48 bits per heavy atom. The quantitative estimate of drug-likeness (QED) is 0.820. The van der Waals surface area contributed by atoms with Crippen molar-refractivity contribution in [3.63, 3.8) is 0 Å². The van der Waals surface area contributed by atoms with Crippen LogP contribution in [0.4, 0.5) is 4.79 Å². The number of amides is 2. The summed E-state index contributed by atoms with van der Waals surface area (Å²) in [5.74, 6) is -0.495. The number of aromatic amines is 1. The molecule has 1 aromatic carbocycles. The summed E-state index contributed by atoms with van der Waals surface area (Å²) >= 11 is 6.13. The number of halogens is 1. The van der Waals surface area contributed by atoms with Gasteiger partial charge in [0.2, 0.25) is 0 Å². The predicted molar refractivity (Wildman–Crippen MR) is 92.3 cm³/mol. The fraction of sp³-hybridized carbons (Fsp3) is 0.353. The fourth-order valence-electron chi connectivity index (χ4n) is 3.01. The van der Waals surface area contributed by atoms with E-state index in [-0.39, 0.29) is 12.1 Å². The van der Waals surface area contributed by atoms with E-state index in [1.165, 1.54) is 7.11 Å². The van der Waals surface area contributed by atoms with Crippen LogP contribution in [0.3, 0.4) is 0 Å². The summed E-state index contributed by atoms with van der Waals surface area (Å²) in [6.45, 7) is 2.08. The second kappa shape index (κ2) is 7.14. The number of fused-ring (bicyclic) bond motifs is 1. The third-order valence-corrected chi connectivity index (χ3v) is 4.48. The monoisotopic (exact) mass is 362 g/mol. The van der Waals surface area contributed by atoms with Gasteiger partial charge in [0, 0.05) is 23.7 Å². The number of ether oxygens (including phenoxy) is 1. The molecule has 1 aliphatic heterocycles. The van der Waals surface area contributed by atoms with Gasteiger partial charge in [0.05, 0.1) is 19.1 Å². The molecule has 3 rings (SSSR count). The van der Waals surface area contributed by atoms with Gasteiger partial charge >= 0.3 is 12.0 Å². The minimum absolute atomic E-state index is 0.350. The van der Waals surface area contributed by atoms with Crippen molar-refractivity contribution in [1.29, 1.82) is 0 Å². The third kappa shape index (κ3) is 3.46. The van der Waals surface area contributed by atoms with Gasteiger partial charge in [-0.2, -0.15) is 0 Å². The SMILES string of the molecule is COC(=O)[C@H](C)NC(=O)N1CCc2[nH]cnc2[C@@H]1c1cccc(Cl)c1. The van der Waals surface area contributed by atoms with E-state index in [4.69, 9.17) is 11.6 Å². The molecule has 0 radical (unpaired) electrons. The van der Waals surface area contributed by atoms with E-state index in [0.29, 0.717) is 18.0 Å². The highest BCUT2D eigenvalue weighted by atomic mass is 35.5. The molecule has 0 saturated heterocycles. The molecule has 0 unspecified atom stereocenters. The molecule has 7 nitrogen and oxygen atoms in total. The molecule has 1 aliphatic rings. The van der Waals surface area contributed by atoms with Crippen molar-refractivity contribution in [1.82, 2.24) is 20.2 Å². The maximum absolute atomic E-state index is 12.8. The first kappa shape index (κ1) is 17.3. The van der Waals surface area contributed by atoms with Gasteiger partial charge in [-0.3, -0.25) is 0 Å². The molecular formula is C17H19ClN4O3. The van der Waals surface area contributed by atoms with Crippen LogP contribution in [-0.2, 0) is 16.0 Å². The van der Waals surface area contributed by atoms with Crippen molar-refractivity contribution in [2.75, 3.05) is 13.7 Å². The number of H-pyrrole nitrogens is 1. The third-order valence-electron chi connectivity index (χ3n) is 4.24. The lowest BCUT2D eigenvalue weighted by Crippen LogP contribution is -2.50. The van der Waals surface area contributed by atoms with Gasteiger partial charge in [-0.1, -0.05) is 23.7 Å². The molecule has 2 N–H and O–H groups in total. The highest BCUT2D eigenvalue weighted by Crippen LogP contribution is 2.34. The summed E-state index contributed by atoms with van der Waals surface area (Å²) in [7, 11) is 1.29. The summed E-state index contributed by atoms with van der Waals surface area (Å²) in [4.78, 5) is 33.5. The van der Waals surface area contributed by atoms with Crippen molar-refractivity contribution in [3.8, 4) is 0 Å². The second-order valence-electron chi connectivity index (χ2n) is 5.86. The molecular weight excluding hydrogens is 344 g/mol. The van der Waals surface area contributed by atoms with Crippen LogP contribution < -0.4 is 5.32 Å². The van der Waals surface area contributed by atoms with Gasteiger partial charge in [-0.05, 0) is 24.6 Å². The van der Waals surface area contributed by atoms with Gasteiger partial charge < -0.3 is 19.9 Å². The van der Waals surface area contributed by atoms with Gasteiger partial charge in [0.25, 0.3) is 0 Å². The highest BCUT2D eigenvalue weighted by molar-refractivity contribution is 6.30. The normalized spacial score (nSPS) is 17.6. The summed E-state index contributed by atoms with van der Waals surface area (Å²) in [6, 6.07) is 5.88. The largest absolute Gasteiger partial charge is 0.467 e. The van der Waals surface area contributed by atoms with Crippen LogP contribution in [0.1, 0.15) is 29.9 Å². The number of esters is 1. The first-order valence-electron chi connectivity index (χ1n) is 7.94. The van der Waals surface area contributed by atoms with E-state index < -0.39 is 12.0 Å². The molecule has 0 aliphatic carbocycles. The number of aromatic nitrogens is 2. The molecule has 0 bridgehead atoms. The number of urea groups is 1. The number of imidazole rings is 1. The Bertz CT molecular complexity index is 792. The summed E-state index contributed by atoms with van der Waals surface area (Å²) < 4.78 is 4.66. The first-order chi connectivity index (χ1) is 12.0. The van der Waals surface area contributed by atoms with Crippen LogP contribution in [0.5, 0.6) is 0 Å². The molecule has 25 heavy (non-hydrogen) atoms. The zero-order chi connectivity index (χ0) is 18.0. The molecule has 0 saturated carbocycles. The Labute approximate surface area is 150 Å². The van der Waals surface area contributed by atoms with Crippen LogP contribution in [0.2, 0.25) is 5.02 Å². The van der Waals surface area contributed by atoms with E-state index in [1.54, 1.807) is 24.2 Å². The van der Waals surface area contributed by atoms with Crippen molar-refractivity contribution in [2.24, 2.45) is 0 Å². The lowest BCUT2D eigenvalue weighted by Gasteiger charge is -2.35. The molecule has 2 aromatic rings. The Hall–Kier alpha value is -2.54. The number of nitrogens with zero attached hydrogens (tertiary/aromatic N) is 2. The maximum Gasteiger partial charge on any atom is 0.328 e. The number of hydrogen-bond acceptors (Lipinski definition) is 4. The average molecular weight is 363 g/mol. The molecule has 2 atom stereocenters. The molecule has 8 heteroatoms. The van der Waals surface area contributed by atoms with Gasteiger partial charge in [0.15, 0.2) is 0 Å². The van der Waals surface area contributed by atoms with E-state index in [1.807, 2.05) is 18.2 Å². The van der Waals surface area contributed by atoms with E-state index >= 15 is 0 Å². The maximum atomic E-state index is 12.8. The first-order valence-corrected chi connectivity index (χ1v) is 8.31. The molecule has 0 fully saturated rings. The number of hydrogen-bond donors (Lipinski definition) is 2. The molecule has 132 valence electrons. The lowest BCUT2D eigenvalue weighted by molar-refractivity contribution is -0.142. The van der Waals surface area contributed by atoms with Crippen molar-refractivity contribution in [3.05, 3.63) is 52.6 Å². The number of methoxy groups -OCH3 is 1. The smallest absolute Gasteiger partial charge is 0.328 e. The van der Waals surface area contributed by atoms with Crippen LogP contribution in [-0.4, -0.2) is 46.6 Å². The minimum atomic E-state index is -0.738. The second-order valence-corrected chi connectivity index (χ2v) is 6.30. The molecule has 2 amide bonds. The molecule has 1 aromatic heterocycles. The van der Waals surface area contributed by atoms with Crippen LogP contribution in [0, 0.1) is 0 Å². The Morgan fingerprint density at radius 3 is 3.00 bits per heavy atom. The minimum Gasteiger partial charge on any atom is -0.467 e. The summed E-state index contributed by atoms with van der Waals surface area (Å²) in [5, 5.41) is 3.27. The number of rotatable bonds is 3. The van der Waals surface area contributed by atoms with E-state index in [0.717, 1.165) is 17.0 Å². The van der Waals surface area contributed by atoms with Crippen LogP contribution in [0.25, 0.3) is 0 Å². The van der Waals surface area contributed by atoms with Crippen molar-refractivity contribution >= 4 is 23.6 Å². The zero-order valence-electron chi connectivity index (χ0n) is 14.0. The highest BCUT2D eigenvalue weighted by Gasteiger charge is 2.35. The predicted octanol–water partition coefficient (Wildman–Crippen LogP) is 2.28. The van der Waals surface area contributed by atoms with Gasteiger partial charge in [-0.25, -0.2) is 14.6 Å². The zero-order valence-corrected chi connectivity index (χ0v) is 14.7. The van der Waals surface area contributed by atoms with E-state index in [9.17, 15) is 9.59 Å². The average Bonchev–Trinajstić information content (AvgIpc) is 3.08. The van der Waals surface area contributed by atoms with Crippen molar-refractivity contribution < 1.29 is 14.3 Å². The summed E-state index contributed by atoms with van der Waals surface area (Å²) in [5.41, 5.74) is 2.64. The number of carbonyl (C=O) groups is 2. The Kier molecular flexibility index (Phi) is 4.94. The molecule has 0 spiro atoms. The number of nitrogens with one attached hydrogen (secondary N) is 2. The number of benzene rings is 1. The van der Waals surface area contributed by atoms with Crippen LogP contribution >= 0.6 is 11.6 Å². The summed E-state index contributed by atoms with van der Waals surface area (Å²) in [6.07, 6.45) is 2.28. The lowest BCUT2D eigenvalue weighted by atomic mass is 9.96. The number of carbonyl (C=O) groups excluding carboxylic acids is 2. The van der Waals surface area contributed by atoms with Crippen LogP contribution in [0.15, 0.2) is 30.6 Å². The van der Waals surface area contributed by atoms with Gasteiger partial charge in [0.1, 0.15) is 12.1 Å². The molecule has 2 heterocycles. The standard InChI is InChI=1S/C17H19ClN4O3/c1-10(16(23)25-2)21-17(24)22-7-6-13-14(20-9-19-13)15(22)11-4-3-5-12(18)8-11/h3-5,8-10,15H,6-7H2,1-2H3,(H,19,20)(H,21,24)/t10-,15-/m0/s1.